The minimum Gasteiger partial charge on any atom is -0.493 e. The monoisotopic (exact) mass is 457 g/mol. The predicted molar refractivity (Wildman–Crippen MR) is 126 cm³/mol. The Bertz CT molecular complexity index is 986. The molecule has 0 amide bonds. The van der Waals surface area contributed by atoms with Crippen LogP contribution in [0.3, 0.4) is 0 Å². The van der Waals surface area contributed by atoms with Gasteiger partial charge >= 0.3 is 0 Å². The van der Waals surface area contributed by atoms with Crippen molar-refractivity contribution < 1.29 is 13.9 Å². The summed E-state index contributed by atoms with van der Waals surface area (Å²) in [5.41, 5.74) is 2.76. The molecule has 4 aliphatic carbocycles. The van der Waals surface area contributed by atoms with Gasteiger partial charge < -0.3 is 14.8 Å². The van der Waals surface area contributed by atoms with Crippen LogP contribution in [0.5, 0.6) is 11.5 Å². The number of halogens is 2. The lowest BCUT2D eigenvalue weighted by Crippen LogP contribution is -2.63. The molecule has 0 heterocycles. The maximum Gasteiger partial charge on any atom is 0.161 e. The summed E-state index contributed by atoms with van der Waals surface area (Å²) in [6.45, 7) is 5.88. The lowest BCUT2D eigenvalue weighted by molar-refractivity contribution is -0.118. The van der Waals surface area contributed by atoms with Crippen molar-refractivity contribution in [1.82, 2.24) is 5.32 Å². The third-order valence-electron chi connectivity index (χ3n) is 7.96. The molecule has 0 spiro atoms. The molecule has 4 bridgehead atoms. The highest BCUT2D eigenvalue weighted by atomic mass is 35.5. The molecule has 0 radical (unpaired) electrons. The molecule has 2 aromatic rings. The molecule has 3 nitrogen and oxygen atoms in total. The fraction of sp³-hybridized carbons (Fsp3) is 0.556. The SMILES string of the molecule is COc1cc(CNC23CC4C[C@@](C)(C2)C[C@](C)(C4)C3)ccc1OCc1c(F)cccc1Cl. The summed E-state index contributed by atoms with van der Waals surface area (Å²) in [5, 5.41) is 4.34. The molecule has 4 fully saturated rings. The molecular formula is C27H33ClFNO2. The van der Waals surface area contributed by atoms with Crippen LogP contribution in [0.2, 0.25) is 5.02 Å². The van der Waals surface area contributed by atoms with Gasteiger partial charge in [0.05, 0.1) is 12.1 Å². The summed E-state index contributed by atoms with van der Waals surface area (Å²) in [7, 11) is 1.64. The fourth-order valence-electron chi connectivity index (χ4n) is 7.70. The highest BCUT2D eigenvalue weighted by Gasteiger charge is 2.59. The van der Waals surface area contributed by atoms with Gasteiger partial charge in [-0.05, 0) is 85.1 Å². The van der Waals surface area contributed by atoms with Gasteiger partial charge in [0.2, 0.25) is 0 Å². The first kappa shape index (κ1) is 22.0. The molecule has 6 rings (SSSR count). The van der Waals surface area contributed by atoms with Crippen molar-refractivity contribution in [3.05, 3.63) is 58.4 Å². The van der Waals surface area contributed by atoms with E-state index < -0.39 is 0 Å². The summed E-state index contributed by atoms with van der Waals surface area (Å²) in [6, 6.07) is 10.6. The van der Waals surface area contributed by atoms with E-state index >= 15 is 0 Å². The smallest absolute Gasteiger partial charge is 0.161 e. The van der Waals surface area contributed by atoms with Gasteiger partial charge in [-0.15, -0.1) is 0 Å². The van der Waals surface area contributed by atoms with Crippen LogP contribution in [0.15, 0.2) is 36.4 Å². The third kappa shape index (κ3) is 4.12. The van der Waals surface area contributed by atoms with Crippen molar-refractivity contribution >= 4 is 11.6 Å². The van der Waals surface area contributed by atoms with Crippen LogP contribution in [0.25, 0.3) is 0 Å². The van der Waals surface area contributed by atoms with E-state index in [2.05, 4.69) is 25.2 Å². The molecule has 32 heavy (non-hydrogen) atoms. The Balaban J connectivity index is 1.28. The van der Waals surface area contributed by atoms with Crippen LogP contribution < -0.4 is 14.8 Å². The number of hydrogen-bond donors (Lipinski definition) is 1. The number of ether oxygens (including phenoxy) is 2. The second-order valence-corrected chi connectivity index (χ2v) is 11.6. The number of methoxy groups -OCH3 is 1. The van der Waals surface area contributed by atoms with Gasteiger partial charge in [0, 0.05) is 17.6 Å². The Kier molecular flexibility index (Phi) is 5.45. The highest BCUT2D eigenvalue weighted by Crippen LogP contribution is 2.66. The number of benzene rings is 2. The normalized spacial score (nSPS) is 32.8. The zero-order valence-corrected chi connectivity index (χ0v) is 20.0. The van der Waals surface area contributed by atoms with Crippen LogP contribution >= 0.6 is 11.6 Å². The number of hydrogen-bond acceptors (Lipinski definition) is 3. The van der Waals surface area contributed by atoms with Crippen LogP contribution in [-0.4, -0.2) is 12.6 Å². The van der Waals surface area contributed by atoms with Crippen molar-refractivity contribution in [1.29, 1.82) is 0 Å². The van der Waals surface area contributed by atoms with E-state index in [0.717, 1.165) is 12.5 Å². The summed E-state index contributed by atoms with van der Waals surface area (Å²) >= 11 is 6.12. The average molecular weight is 458 g/mol. The Labute approximate surface area is 195 Å². The van der Waals surface area contributed by atoms with Crippen molar-refractivity contribution in [3.8, 4) is 11.5 Å². The first-order valence-electron chi connectivity index (χ1n) is 11.7. The minimum atomic E-state index is -0.366. The molecule has 0 aromatic heterocycles. The van der Waals surface area contributed by atoms with E-state index in [1.165, 1.54) is 50.2 Å². The van der Waals surface area contributed by atoms with E-state index in [1.807, 2.05) is 12.1 Å². The van der Waals surface area contributed by atoms with Crippen molar-refractivity contribution in [3.63, 3.8) is 0 Å². The summed E-state index contributed by atoms with van der Waals surface area (Å²) < 4.78 is 25.5. The van der Waals surface area contributed by atoms with Crippen LogP contribution in [0.4, 0.5) is 4.39 Å². The van der Waals surface area contributed by atoms with Gasteiger partial charge in [-0.1, -0.05) is 37.6 Å². The van der Waals surface area contributed by atoms with Crippen molar-refractivity contribution in [2.75, 3.05) is 7.11 Å². The zero-order chi connectivity index (χ0) is 22.6. The van der Waals surface area contributed by atoms with Gasteiger partial charge in [-0.2, -0.15) is 0 Å². The minimum absolute atomic E-state index is 0.0567. The molecule has 4 aliphatic rings. The molecule has 2 aromatic carbocycles. The van der Waals surface area contributed by atoms with E-state index in [4.69, 9.17) is 21.1 Å². The lowest BCUT2D eigenvalue weighted by atomic mass is 9.43. The number of nitrogens with one attached hydrogen (secondary N) is 1. The largest absolute Gasteiger partial charge is 0.493 e. The maximum absolute atomic E-state index is 14.1. The molecular weight excluding hydrogens is 425 g/mol. The summed E-state index contributed by atoms with van der Waals surface area (Å²) in [5.74, 6) is 1.74. The maximum atomic E-state index is 14.1. The second kappa shape index (κ2) is 7.92. The molecule has 2 unspecified atom stereocenters. The van der Waals surface area contributed by atoms with Crippen molar-refractivity contribution in [2.24, 2.45) is 16.7 Å². The molecule has 172 valence electrons. The van der Waals surface area contributed by atoms with Crippen LogP contribution in [0.1, 0.15) is 63.5 Å². The molecule has 1 N–H and O–H groups in total. The first-order valence-corrected chi connectivity index (χ1v) is 12.1. The van der Waals surface area contributed by atoms with Gasteiger partial charge in [-0.3, -0.25) is 0 Å². The van der Waals surface area contributed by atoms with Crippen LogP contribution in [0, 0.1) is 22.6 Å². The fourth-order valence-corrected chi connectivity index (χ4v) is 7.91. The topological polar surface area (TPSA) is 30.5 Å². The second-order valence-electron chi connectivity index (χ2n) is 11.2. The van der Waals surface area contributed by atoms with Gasteiger partial charge in [0.25, 0.3) is 0 Å². The predicted octanol–water partition coefficient (Wildman–Crippen LogP) is 6.91. The Morgan fingerprint density at radius 1 is 1.03 bits per heavy atom. The Morgan fingerprint density at radius 3 is 2.44 bits per heavy atom. The standard InChI is InChI=1S/C27H33ClFNO2/c1-25-10-19-11-26(2,15-25)17-27(12-19,16-25)30-13-18-7-8-23(24(9-18)31-3)32-14-20-21(28)5-4-6-22(20)29/h4-9,19,30H,10-17H2,1-3H3/t19?,25-,26+,27?. The van der Waals surface area contributed by atoms with Crippen molar-refractivity contribution in [2.45, 2.75) is 71.1 Å². The zero-order valence-electron chi connectivity index (χ0n) is 19.3. The summed E-state index contributed by atoms with van der Waals surface area (Å²) in [6.07, 6.45) is 8.06. The molecule has 0 saturated heterocycles. The molecule has 4 saturated carbocycles. The van der Waals surface area contributed by atoms with Gasteiger partial charge in [-0.25, -0.2) is 4.39 Å². The van der Waals surface area contributed by atoms with E-state index in [1.54, 1.807) is 19.2 Å². The Morgan fingerprint density at radius 2 is 1.78 bits per heavy atom. The first-order chi connectivity index (χ1) is 15.2. The van der Waals surface area contributed by atoms with Gasteiger partial charge in [0.15, 0.2) is 11.5 Å². The van der Waals surface area contributed by atoms with E-state index in [-0.39, 0.29) is 18.0 Å². The lowest BCUT2D eigenvalue weighted by Gasteiger charge is -2.65. The Hall–Kier alpha value is -1.78. The van der Waals surface area contributed by atoms with Gasteiger partial charge in [0.1, 0.15) is 12.4 Å². The molecule has 0 aliphatic heterocycles. The summed E-state index contributed by atoms with van der Waals surface area (Å²) in [4.78, 5) is 0. The molecule has 5 heteroatoms. The van der Waals surface area contributed by atoms with E-state index in [0.29, 0.717) is 32.9 Å². The number of rotatable bonds is 7. The quantitative estimate of drug-likeness (QED) is 0.490. The average Bonchev–Trinajstić information content (AvgIpc) is 2.70. The van der Waals surface area contributed by atoms with E-state index in [9.17, 15) is 4.39 Å². The highest BCUT2D eigenvalue weighted by molar-refractivity contribution is 6.31. The molecule has 4 atom stereocenters. The van der Waals surface area contributed by atoms with Crippen LogP contribution in [-0.2, 0) is 13.2 Å². The third-order valence-corrected chi connectivity index (χ3v) is 8.31.